The third-order valence-electron chi connectivity index (χ3n) is 2.92. The van der Waals surface area contributed by atoms with Crippen LogP contribution in [-0.4, -0.2) is 13.1 Å². The lowest BCUT2D eigenvalue weighted by molar-refractivity contribution is -0.141. The molecule has 1 unspecified atom stereocenters. The Kier molecular flexibility index (Phi) is 3.94. The molecule has 0 aliphatic rings. The highest BCUT2D eigenvalue weighted by atomic mass is 16.5. The number of hydrogen-bond acceptors (Lipinski definition) is 3. The van der Waals surface area contributed by atoms with Crippen LogP contribution in [0.3, 0.4) is 0 Å². The van der Waals surface area contributed by atoms with Gasteiger partial charge in [-0.05, 0) is 23.3 Å². The Labute approximate surface area is 112 Å². The van der Waals surface area contributed by atoms with Gasteiger partial charge in [-0.3, -0.25) is 4.79 Å². The minimum atomic E-state index is -0.500. The number of rotatable bonds is 3. The maximum Gasteiger partial charge on any atom is 0.317 e. The second kappa shape index (κ2) is 5.83. The van der Waals surface area contributed by atoms with Gasteiger partial charge in [-0.1, -0.05) is 42.5 Å². The average molecular weight is 251 g/mol. The molecule has 0 N–H and O–H groups in total. The van der Waals surface area contributed by atoms with Crippen molar-refractivity contribution in [2.45, 2.75) is 5.92 Å². The van der Waals surface area contributed by atoms with Crippen molar-refractivity contribution in [2.24, 2.45) is 0 Å². The van der Waals surface area contributed by atoms with Crippen molar-refractivity contribution >= 4 is 5.97 Å². The van der Waals surface area contributed by atoms with Crippen molar-refractivity contribution in [3.63, 3.8) is 0 Å². The summed E-state index contributed by atoms with van der Waals surface area (Å²) >= 11 is 0. The molecule has 19 heavy (non-hydrogen) atoms. The Balaban J connectivity index is 2.50. The number of nitrogens with zero attached hydrogens (tertiary/aromatic N) is 1. The van der Waals surface area contributed by atoms with E-state index < -0.39 is 5.92 Å². The molecule has 0 fully saturated rings. The Hall–Kier alpha value is -2.60. The number of nitriles is 1. The molecule has 2 aromatic carbocycles. The third-order valence-corrected chi connectivity index (χ3v) is 2.92. The standard InChI is InChI=1S/C16H13NO2/c1-19-16(18)15(13-7-3-2-4-8-13)14-9-5-6-12(10-14)11-17/h2-10,15H,1H3. The first kappa shape index (κ1) is 12.8. The molecule has 0 amide bonds. The van der Waals surface area contributed by atoms with Crippen molar-refractivity contribution in [3.05, 3.63) is 71.3 Å². The molecule has 0 radical (unpaired) electrons. The number of hydrogen-bond donors (Lipinski definition) is 0. The first-order valence-electron chi connectivity index (χ1n) is 5.89. The summed E-state index contributed by atoms with van der Waals surface area (Å²) in [6.45, 7) is 0. The fourth-order valence-corrected chi connectivity index (χ4v) is 2.02. The summed E-state index contributed by atoms with van der Waals surface area (Å²) in [6, 6.07) is 18.5. The van der Waals surface area contributed by atoms with Crippen molar-refractivity contribution in [3.8, 4) is 6.07 Å². The lowest BCUT2D eigenvalue weighted by Gasteiger charge is -2.15. The Morgan fingerprint density at radius 2 is 1.79 bits per heavy atom. The Morgan fingerprint density at radius 3 is 2.42 bits per heavy atom. The first-order chi connectivity index (χ1) is 9.26. The van der Waals surface area contributed by atoms with Gasteiger partial charge in [0.15, 0.2) is 0 Å². The van der Waals surface area contributed by atoms with E-state index in [4.69, 9.17) is 10.00 Å². The van der Waals surface area contributed by atoms with E-state index in [1.807, 2.05) is 36.4 Å². The maximum atomic E-state index is 12.0. The quantitative estimate of drug-likeness (QED) is 0.788. The van der Waals surface area contributed by atoms with Gasteiger partial charge in [-0.25, -0.2) is 0 Å². The Bertz CT molecular complexity index is 614. The number of ether oxygens (including phenoxy) is 1. The van der Waals surface area contributed by atoms with Crippen LogP contribution in [-0.2, 0) is 9.53 Å². The van der Waals surface area contributed by atoms with Gasteiger partial charge in [-0.15, -0.1) is 0 Å². The molecule has 2 aromatic rings. The number of esters is 1. The molecule has 0 aliphatic heterocycles. The molecule has 0 heterocycles. The van der Waals surface area contributed by atoms with E-state index in [0.29, 0.717) is 5.56 Å². The summed E-state index contributed by atoms with van der Waals surface area (Å²) in [7, 11) is 1.37. The predicted molar refractivity (Wildman–Crippen MR) is 71.5 cm³/mol. The summed E-state index contributed by atoms with van der Waals surface area (Å²) in [5.74, 6) is -0.833. The van der Waals surface area contributed by atoms with Gasteiger partial charge in [0.05, 0.1) is 18.7 Å². The molecule has 0 spiro atoms. The van der Waals surface area contributed by atoms with Crippen LogP contribution in [0.1, 0.15) is 22.6 Å². The zero-order valence-electron chi connectivity index (χ0n) is 10.5. The minimum Gasteiger partial charge on any atom is -0.468 e. The van der Waals surface area contributed by atoms with Crippen molar-refractivity contribution in [1.29, 1.82) is 5.26 Å². The fraction of sp³-hybridized carbons (Fsp3) is 0.125. The molecule has 0 saturated heterocycles. The van der Waals surface area contributed by atoms with Crippen LogP contribution in [0, 0.1) is 11.3 Å². The molecule has 0 aliphatic carbocycles. The summed E-state index contributed by atoms with van der Waals surface area (Å²) in [5.41, 5.74) is 2.14. The molecule has 0 bridgehead atoms. The van der Waals surface area contributed by atoms with Crippen LogP contribution in [0.2, 0.25) is 0 Å². The number of methoxy groups -OCH3 is 1. The summed E-state index contributed by atoms with van der Waals surface area (Å²) in [4.78, 5) is 12.0. The van der Waals surface area contributed by atoms with Gasteiger partial charge in [0.25, 0.3) is 0 Å². The van der Waals surface area contributed by atoms with Gasteiger partial charge in [0.2, 0.25) is 0 Å². The average Bonchev–Trinajstić information content (AvgIpc) is 2.48. The molecule has 3 nitrogen and oxygen atoms in total. The van der Waals surface area contributed by atoms with E-state index in [0.717, 1.165) is 11.1 Å². The van der Waals surface area contributed by atoms with Crippen LogP contribution in [0.4, 0.5) is 0 Å². The van der Waals surface area contributed by atoms with E-state index in [2.05, 4.69) is 6.07 Å². The Morgan fingerprint density at radius 1 is 1.11 bits per heavy atom. The molecular formula is C16H13NO2. The second-order valence-electron chi connectivity index (χ2n) is 4.10. The van der Waals surface area contributed by atoms with Crippen LogP contribution in [0.5, 0.6) is 0 Å². The highest BCUT2D eigenvalue weighted by Crippen LogP contribution is 2.26. The lowest BCUT2D eigenvalue weighted by Crippen LogP contribution is -2.15. The fourth-order valence-electron chi connectivity index (χ4n) is 2.02. The molecule has 1 atom stereocenters. The normalized spacial score (nSPS) is 11.4. The predicted octanol–water partition coefficient (Wildman–Crippen LogP) is 2.86. The zero-order chi connectivity index (χ0) is 13.7. The topological polar surface area (TPSA) is 50.1 Å². The van der Waals surface area contributed by atoms with Gasteiger partial charge in [-0.2, -0.15) is 5.26 Å². The smallest absolute Gasteiger partial charge is 0.317 e. The van der Waals surface area contributed by atoms with Gasteiger partial charge < -0.3 is 4.74 Å². The van der Waals surface area contributed by atoms with Crippen LogP contribution in [0.15, 0.2) is 54.6 Å². The van der Waals surface area contributed by atoms with Crippen LogP contribution < -0.4 is 0 Å². The minimum absolute atomic E-state index is 0.332. The largest absolute Gasteiger partial charge is 0.468 e. The SMILES string of the molecule is COC(=O)C(c1ccccc1)c1cccc(C#N)c1. The number of carbonyl (C=O) groups is 1. The molecule has 0 saturated carbocycles. The molecule has 94 valence electrons. The zero-order valence-corrected chi connectivity index (χ0v) is 10.5. The molecule has 2 rings (SSSR count). The van der Waals surface area contributed by atoms with Gasteiger partial charge in [0.1, 0.15) is 5.92 Å². The van der Waals surface area contributed by atoms with Crippen LogP contribution in [0.25, 0.3) is 0 Å². The maximum absolute atomic E-state index is 12.0. The summed E-state index contributed by atoms with van der Waals surface area (Å²) < 4.78 is 4.87. The summed E-state index contributed by atoms with van der Waals surface area (Å²) in [5, 5.41) is 8.94. The van der Waals surface area contributed by atoms with E-state index in [-0.39, 0.29) is 5.97 Å². The van der Waals surface area contributed by atoms with Crippen molar-refractivity contribution < 1.29 is 9.53 Å². The summed E-state index contributed by atoms with van der Waals surface area (Å²) in [6.07, 6.45) is 0. The number of benzene rings is 2. The van der Waals surface area contributed by atoms with Crippen molar-refractivity contribution in [2.75, 3.05) is 7.11 Å². The third kappa shape index (κ3) is 2.80. The van der Waals surface area contributed by atoms with E-state index in [1.165, 1.54) is 7.11 Å². The molecule has 0 aromatic heterocycles. The second-order valence-corrected chi connectivity index (χ2v) is 4.10. The van der Waals surface area contributed by atoms with Crippen LogP contribution >= 0.6 is 0 Å². The van der Waals surface area contributed by atoms with E-state index in [9.17, 15) is 4.79 Å². The van der Waals surface area contributed by atoms with E-state index in [1.54, 1.807) is 18.2 Å². The monoisotopic (exact) mass is 251 g/mol. The highest BCUT2D eigenvalue weighted by Gasteiger charge is 2.23. The lowest BCUT2D eigenvalue weighted by atomic mass is 9.90. The first-order valence-corrected chi connectivity index (χ1v) is 5.89. The highest BCUT2D eigenvalue weighted by molar-refractivity contribution is 5.82. The van der Waals surface area contributed by atoms with Gasteiger partial charge >= 0.3 is 5.97 Å². The van der Waals surface area contributed by atoms with Crippen molar-refractivity contribution in [1.82, 2.24) is 0 Å². The molecular weight excluding hydrogens is 238 g/mol. The van der Waals surface area contributed by atoms with Gasteiger partial charge in [0, 0.05) is 0 Å². The van der Waals surface area contributed by atoms with E-state index >= 15 is 0 Å². The number of carbonyl (C=O) groups excluding carboxylic acids is 1. The molecule has 3 heteroatoms.